The Bertz CT molecular complexity index is 455. The summed E-state index contributed by atoms with van der Waals surface area (Å²) in [5.74, 6) is -0.00502. The lowest BCUT2D eigenvalue weighted by atomic mass is 9.85. The zero-order chi connectivity index (χ0) is 15.2. The summed E-state index contributed by atoms with van der Waals surface area (Å²) >= 11 is 0. The molecule has 0 amide bonds. The van der Waals surface area contributed by atoms with Gasteiger partial charge in [-0.1, -0.05) is 25.9 Å². The van der Waals surface area contributed by atoms with Crippen LogP contribution in [0.1, 0.15) is 38.4 Å². The van der Waals surface area contributed by atoms with Gasteiger partial charge < -0.3 is 21.4 Å². The molecule has 0 saturated heterocycles. The van der Waals surface area contributed by atoms with Gasteiger partial charge in [-0.05, 0) is 29.5 Å². The number of nitrogens with two attached hydrogens (primary N) is 1. The summed E-state index contributed by atoms with van der Waals surface area (Å²) in [7, 11) is 0. The first-order valence-corrected chi connectivity index (χ1v) is 6.65. The summed E-state index contributed by atoms with van der Waals surface area (Å²) in [5, 5.41) is 24.2. The first-order valence-electron chi connectivity index (χ1n) is 6.65. The number of nitrogens with one attached hydrogen (secondary N) is 1. The highest BCUT2D eigenvalue weighted by molar-refractivity contribution is 5.95. The highest BCUT2D eigenvalue weighted by Crippen LogP contribution is 2.22. The molecule has 112 valence electrons. The number of hydrogen-bond acceptors (Lipinski definition) is 5. The van der Waals surface area contributed by atoms with Gasteiger partial charge in [0.1, 0.15) is 5.69 Å². The first kappa shape index (κ1) is 16.4. The van der Waals surface area contributed by atoms with Crippen LogP contribution in [0.25, 0.3) is 0 Å². The summed E-state index contributed by atoms with van der Waals surface area (Å²) in [4.78, 5) is 4.04. The second-order valence-electron chi connectivity index (χ2n) is 5.85. The van der Waals surface area contributed by atoms with Gasteiger partial charge in [-0.15, -0.1) is 0 Å². The average Bonchev–Trinajstić information content (AvgIpc) is 2.41. The third kappa shape index (κ3) is 4.79. The predicted octanol–water partition coefficient (Wildman–Crippen LogP) is 1.06. The van der Waals surface area contributed by atoms with Crippen LogP contribution in [0.4, 0.5) is 0 Å². The van der Waals surface area contributed by atoms with Crippen molar-refractivity contribution in [1.29, 1.82) is 0 Å². The molecule has 1 aromatic heterocycles. The Labute approximate surface area is 119 Å². The minimum Gasteiger partial charge on any atom is -0.409 e. The summed E-state index contributed by atoms with van der Waals surface area (Å²) in [6.45, 7) is 7.19. The van der Waals surface area contributed by atoms with Gasteiger partial charge in [0.25, 0.3) is 0 Å². The Kier molecular flexibility index (Phi) is 5.91. The van der Waals surface area contributed by atoms with Crippen LogP contribution >= 0.6 is 0 Å². The predicted molar refractivity (Wildman–Crippen MR) is 78.5 cm³/mol. The lowest BCUT2D eigenvalue weighted by Gasteiger charge is -2.31. The lowest BCUT2D eigenvalue weighted by Crippen LogP contribution is -2.40. The van der Waals surface area contributed by atoms with Gasteiger partial charge in [0.15, 0.2) is 5.84 Å². The van der Waals surface area contributed by atoms with Crippen LogP contribution in [0, 0.1) is 5.41 Å². The van der Waals surface area contributed by atoms with E-state index in [1.807, 2.05) is 6.07 Å². The van der Waals surface area contributed by atoms with Crippen LogP contribution in [0.15, 0.2) is 23.5 Å². The van der Waals surface area contributed by atoms with Gasteiger partial charge >= 0.3 is 0 Å². The molecule has 1 atom stereocenters. The standard InChI is InChI=1S/C14H24N4O2/c1-14(2,3)12(5-7-19)17-9-10-4-6-16-11(8-10)13(15)18-20/h4,6,8,12,17,19-20H,5,7,9H2,1-3H3,(H2,15,18). The van der Waals surface area contributed by atoms with Crippen molar-refractivity contribution in [1.82, 2.24) is 10.3 Å². The van der Waals surface area contributed by atoms with Crippen LogP contribution in [-0.4, -0.2) is 33.8 Å². The van der Waals surface area contributed by atoms with E-state index in [1.54, 1.807) is 12.3 Å². The molecule has 0 spiro atoms. The molecule has 0 bridgehead atoms. The third-order valence-electron chi connectivity index (χ3n) is 3.21. The summed E-state index contributed by atoms with van der Waals surface area (Å²) in [6.07, 6.45) is 2.32. The molecular weight excluding hydrogens is 256 g/mol. The van der Waals surface area contributed by atoms with Crippen molar-refractivity contribution in [2.45, 2.75) is 39.8 Å². The van der Waals surface area contributed by atoms with E-state index in [-0.39, 0.29) is 23.9 Å². The third-order valence-corrected chi connectivity index (χ3v) is 3.21. The Balaban J connectivity index is 2.73. The maximum absolute atomic E-state index is 9.14. The zero-order valence-corrected chi connectivity index (χ0v) is 12.3. The van der Waals surface area contributed by atoms with Crippen LogP contribution in [0.2, 0.25) is 0 Å². The second kappa shape index (κ2) is 7.21. The number of aromatic nitrogens is 1. The van der Waals surface area contributed by atoms with Crippen molar-refractivity contribution < 1.29 is 10.3 Å². The number of oxime groups is 1. The van der Waals surface area contributed by atoms with E-state index in [2.05, 4.69) is 36.2 Å². The SMILES string of the molecule is CC(C)(C)C(CCO)NCc1ccnc(/C(N)=N/O)c1. The molecule has 0 aliphatic heterocycles. The number of amidine groups is 1. The maximum atomic E-state index is 9.14. The maximum Gasteiger partial charge on any atom is 0.188 e. The van der Waals surface area contributed by atoms with Gasteiger partial charge in [0.2, 0.25) is 0 Å². The minimum atomic E-state index is -0.00502. The van der Waals surface area contributed by atoms with E-state index in [0.29, 0.717) is 18.7 Å². The largest absolute Gasteiger partial charge is 0.409 e. The van der Waals surface area contributed by atoms with Gasteiger partial charge in [-0.25, -0.2) is 0 Å². The Hall–Kier alpha value is -1.66. The van der Waals surface area contributed by atoms with E-state index in [0.717, 1.165) is 5.56 Å². The fourth-order valence-corrected chi connectivity index (χ4v) is 1.99. The van der Waals surface area contributed by atoms with Crippen molar-refractivity contribution in [3.63, 3.8) is 0 Å². The minimum absolute atomic E-state index is 0.00502. The van der Waals surface area contributed by atoms with Crippen LogP contribution in [-0.2, 0) is 6.54 Å². The molecule has 1 unspecified atom stereocenters. The molecule has 6 nitrogen and oxygen atoms in total. The number of rotatable bonds is 6. The number of aliphatic hydroxyl groups excluding tert-OH is 1. The van der Waals surface area contributed by atoms with E-state index in [4.69, 9.17) is 16.0 Å². The van der Waals surface area contributed by atoms with Crippen molar-refractivity contribution >= 4 is 5.84 Å². The highest BCUT2D eigenvalue weighted by Gasteiger charge is 2.23. The Morgan fingerprint density at radius 1 is 1.50 bits per heavy atom. The first-order chi connectivity index (χ1) is 9.38. The molecule has 1 heterocycles. The van der Waals surface area contributed by atoms with Crippen molar-refractivity contribution in [2.24, 2.45) is 16.3 Å². The number of pyridine rings is 1. The zero-order valence-electron chi connectivity index (χ0n) is 12.3. The van der Waals surface area contributed by atoms with Crippen molar-refractivity contribution in [3.8, 4) is 0 Å². The smallest absolute Gasteiger partial charge is 0.188 e. The molecule has 0 saturated carbocycles. The van der Waals surface area contributed by atoms with E-state index in [1.165, 1.54) is 0 Å². The molecule has 1 aromatic rings. The second-order valence-corrected chi connectivity index (χ2v) is 5.85. The van der Waals surface area contributed by atoms with Gasteiger partial charge in [0, 0.05) is 25.4 Å². The highest BCUT2D eigenvalue weighted by atomic mass is 16.4. The van der Waals surface area contributed by atoms with Crippen LogP contribution in [0.3, 0.4) is 0 Å². The molecule has 6 heteroatoms. The molecular formula is C14H24N4O2. The normalized spacial score (nSPS) is 14.3. The van der Waals surface area contributed by atoms with Crippen molar-refractivity contribution in [2.75, 3.05) is 6.61 Å². The molecule has 0 radical (unpaired) electrons. The summed E-state index contributed by atoms with van der Waals surface area (Å²) < 4.78 is 0. The lowest BCUT2D eigenvalue weighted by molar-refractivity contribution is 0.196. The van der Waals surface area contributed by atoms with Crippen LogP contribution in [0.5, 0.6) is 0 Å². The van der Waals surface area contributed by atoms with E-state index in [9.17, 15) is 0 Å². The quantitative estimate of drug-likeness (QED) is 0.270. The van der Waals surface area contributed by atoms with Crippen molar-refractivity contribution in [3.05, 3.63) is 29.6 Å². The molecule has 0 aliphatic carbocycles. The molecule has 0 aromatic carbocycles. The summed E-state index contributed by atoms with van der Waals surface area (Å²) in [5.41, 5.74) is 7.02. The number of nitrogens with zero attached hydrogens (tertiary/aromatic N) is 2. The fraction of sp³-hybridized carbons (Fsp3) is 0.571. The monoisotopic (exact) mass is 280 g/mol. The number of hydrogen-bond donors (Lipinski definition) is 4. The average molecular weight is 280 g/mol. The molecule has 1 rings (SSSR count). The van der Waals surface area contributed by atoms with E-state index < -0.39 is 0 Å². The Morgan fingerprint density at radius 3 is 2.75 bits per heavy atom. The topological polar surface area (TPSA) is 104 Å². The van der Waals surface area contributed by atoms with Gasteiger partial charge in [0.05, 0.1) is 0 Å². The molecule has 5 N–H and O–H groups in total. The molecule has 20 heavy (non-hydrogen) atoms. The molecule has 0 fully saturated rings. The van der Waals surface area contributed by atoms with E-state index >= 15 is 0 Å². The van der Waals surface area contributed by atoms with Gasteiger partial charge in [-0.2, -0.15) is 0 Å². The van der Waals surface area contributed by atoms with Crippen LogP contribution < -0.4 is 11.1 Å². The number of aliphatic hydroxyl groups is 1. The molecule has 0 aliphatic rings. The Morgan fingerprint density at radius 2 is 2.20 bits per heavy atom. The summed E-state index contributed by atoms with van der Waals surface area (Å²) in [6, 6.07) is 3.86. The van der Waals surface area contributed by atoms with Gasteiger partial charge in [-0.3, -0.25) is 4.98 Å². The fourth-order valence-electron chi connectivity index (χ4n) is 1.99.